The van der Waals surface area contributed by atoms with Gasteiger partial charge in [0.1, 0.15) is 0 Å². The predicted molar refractivity (Wildman–Crippen MR) is 112 cm³/mol. The van der Waals surface area contributed by atoms with Gasteiger partial charge in [0.2, 0.25) is 10.0 Å². The van der Waals surface area contributed by atoms with Crippen molar-refractivity contribution in [2.24, 2.45) is 0 Å². The molecular formula is C21H34N2O5S. The molecule has 0 aromatic heterocycles. The number of piperazine rings is 1. The van der Waals surface area contributed by atoms with Crippen LogP contribution >= 0.6 is 0 Å². The fourth-order valence-electron chi connectivity index (χ4n) is 3.79. The van der Waals surface area contributed by atoms with Gasteiger partial charge < -0.3 is 14.6 Å². The van der Waals surface area contributed by atoms with Crippen molar-refractivity contribution in [1.29, 1.82) is 0 Å². The highest BCUT2D eigenvalue weighted by Gasteiger charge is 2.29. The Kier molecular flexibility index (Phi) is 8.07. The van der Waals surface area contributed by atoms with Crippen LogP contribution in [0.1, 0.15) is 38.2 Å². The zero-order valence-corrected chi connectivity index (χ0v) is 18.3. The van der Waals surface area contributed by atoms with Gasteiger partial charge in [-0.1, -0.05) is 26.0 Å². The van der Waals surface area contributed by atoms with E-state index in [2.05, 4.69) is 18.7 Å². The highest BCUT2D eigenvalue weighted by atomic mass is 32.2. The Morgan fingerprint density at radius 3 is 2.45 bits per heavy atom. The monoisotopic (exact) mass is 426 g/mol. The molecule has 1 aromatic rings. The van der Waals surface area contributed by atoms with Crippen LogP contribution in [0.4, 0.5) is 0 Å². The van der Waals surface area contributed by atoms with Crippen molar-refractivity contribution in [3.63, 3.8) is 0 Å². The minimum absolute atomic E-state index is 0.158. The smallest absolute Gasteiger partial charge is 0.243 e. The zero-order valence-electron chi connectivity index (χ0n) is 17.5. The molecule has 3 rings (SSSR count). The molecule has 1 N–H and O–H groups in total. The molecule has 2 atom stereocenters. The van der Waals surface area contributed by atoms with E-state index in [-0.39, 0.29) is 12.7 Å². The third kappa shape index (κ3) is 6.23. The molecule has 0 saturated carbocycles. The lowest BCUT2D eigenvalue weighted by molar-refractivity contribution is -0.0270. The Hall–Kier alpha value is -1.03. The lowest BCUT2D eigenvalue weighted by atomic mass is 10.0. The lowest BCUT2D eigenvalue weighted by Gasteiger charge is -2.34. The summed E-state index contributed by atoms with van der Waals surface area (Å²) < 4.78 is 38.4. The number of sulfonamides is 1. The first-order valence-electron chi connectivity index (χ1n) is 10.6. The quantitative estimate of drug-likeness (QED) is 0.647. The molecule has 1 aromatic carbocycles. The summed E-state index contributed by atoms with van der Waals surface area (Å²) in [5, 5.41) is 10.2. The Balaban J connectivity index is 1.42. The van der Waals surface area contributed by atoms with E-state index in [4.69, 9.17) is 9.47 Å². The van der Waals surface area contributed by atoms with Crippen LogP contribution in [0.3, 0.4) is 0 Å². The van der Waals surface area contributed by atoms with Crippen molar-refractivity contribution >= 4 is 10.0 Å². The van der Waals surface area contributed by atoms with Gasteiger partial charge in [0.05, 0.1) is 30.3 Å². The average Bonchev–Trinajstić information content (AvgIpc) is 3.22. The first-order valence-corrected chi connectivity index (χ1v) is 12.0. The van der Waals surface area contributed by atoms with Crippen LogP contribution in [-0.2, 0) is 19.5 Å². The van der Waals surface area contributed by atoms with E-state index >= 15 is 0 Å². The third-order valence-corrected chi connectivity index (χ3v) is 7.54. The van der Waals surface area contributed by atoms with Crippen molar-refractivity contribution in [2.45, 2.75) is 49.7 Å². The first kappa shape index (κ1) is 22.7. The van der Waals surface area contributed by atoms with E-state index in [0.29, 0.717) is 50.1 Å². The second-order valence-corrected chi connectivity index (χ2v) is 10.2. The number of aliphatic hydroxyl groups is 1. The summed E-state index contributed by atoms with van der Waals surface area (Å²) in [6.45, 7) is 8.33. The average molecular weight is 427 g/mol. The minimum Gasteiger partial charge on any atom is -0.389 e. The number of aliphatic hydroxyl groups excluding tert-OH is 1. The fourth-order valence-corrected chi connectivity index (χ4v) is 5.21. The summed E-state index contributed by atoms with van der Waals surface area (Å²) in [7, 11) is -3.47. The summed E-state index contributed by atoms with van der Waals surface area (Å²) in [6, 6.07) is 7.18. The van der Waals surface area contributed by atoms with Crippen LogP contribution in [0.25, 0.3) is 0 Å². The lowest BCUT2D eigenvalue weighted by Crippen LogP contribution is -2.50. The van der Waals surface area contributed by atoms with Crippen LogP contribution < -0.4 is 0 Å². The first-order chi connectivity index (χ1) is 13.9. The summed E-state index contributed by atoms with van der Waals surface area (Å²) in [5.41, 5.74) is 1.13. The Morgan fingerprint density at radius 2 is 1.86 bits per heavy atom. The van der Waals surface area contributed by atoms with Gasteiger partial charge >= 0.3 is 0 Å². The maximum atomic E-state index is 12.9. The maximum absolute atomic E-state index is 12.9. The molecule has 164 valence electrons. The number of rotatable bonds is 9. The Bertz CT molecular complexity index is 724. The third-order valence-electron chi connectivity index (χ3n) is 5.62. The molecule has 0 aliphatic carbocycles. The summed E-state index contributed by atoms with van der Waals surface area (Å²) in [6.07, 6.45) is 1.67. The minimum atomic E-state index is -3.47. The molecule has 7 nitrogen and oxygen atoms in total. The van der Waals surface area contributed by atoms with Gasteiger partial charge in [-0.3, -0.25) is 4.90 Å². The Labute approximate surface area is 174 Å². The molecule has 2 aliphatic rings. The highest BCUT2D eigenvalue weighted by molar-refractivity contribution is 7.89. The number of hydrogen-bond acceptors (Lipinski definition) is 6. The molecule has 29 heavy (non-hydrogen) atoms. The topological polar surface area (TPSA) is 79.3 Å². The van der Waals surface area contributed by atoms with Crippen molar-refractivity contribution in [3.05, 3.63) is 29.8 Å². The van der Waals surface area contributed by atoms with Crippen LogP contribution in [0.2, 0.25) is 0 Å². The van der Waals surface area contributed by atoms with E-state index in [1.807, 2.05) is 12.1 Å². The second kappa shape index (κ2) is 10.3. The molecular weight excluding hydrogens is 392 g/mol. The number of ether oxygens (including phenoxy) is 2. The molecule has 2 heterocycles. The number of nitrogens with zero attached hydrogens (tertiary/aromatic N) is 2. The normalized spacial score (nSPS) is 23.0. The van der Waals surface area contributed by atoms with E-state index in [1.54, 1.807) is 12.1 Å². The van der Waals surface area contributed by atoms with Crippen LogP contribution in [0.15, 0.2) is 29.2 Å². The van der Waals surface area contributed by atoms with E-state index < -0.39 is 16.1 Å². The molecule has 0 unspecified atom stereocenters. The van der Waals surface area contributed by atoms with Crippen molar-refractivity contribution in [2.75, 3.05) is 52.5 Å². The molecule has 8 heteroatoms. The molecule has 2 aliphatic heterocycles. The van der Waals surface area contributed by atoms with E-state index in [9.17, 15) is 13.5 Å². The van der Waals surface area contributed by atoms with Gasteiger partial charge in [0, 0.05) is 39.3 Å². The summed E-state index contributed by atoms with van der Waals surface area (Å²) in [4.78, 5) is 2.44. The molecule has 0 radical (unpaired) electrons. The fraction of sp³-hybridized carbons (Fsp3) is 0.714. The zero-order chi connectivity index (χ0) is 20.9. The van der Waals surface area contributed by atoms with Crippen LogP contribution in [0.5, 0.6) is 0 Å². The maximum Gasteiger partial charge on any atom is 0.243 e. The molecule has 2 saturated heterocycles. The van der Waals surface area contributed by atoms with E-state index in [0.717, 1.165) is 25.0 Å². The van der Waals surface area contributed by atoms with Gasteiger partial charge in [-0.25, -0.2) is 8.42 Å². The largest absolute Gasteiger partial charge is 0.389 e. The number of β-amino-alcohol motifs (C(OH)–C–C–N with tert-alkyl or cyclic N) is 1. The SMILES string of the molecule is CC(C)c1ccc(S(=O)(=O)N2CCN(C[C@H](O)COC[C@H]3CCCO3)CC2)cc1. The molecule has 0 amide bonds. The molecule has 0 spiro atoms. The summed E-state index contributed by atoms with van der Waals surface area (Å²) in [5.74, 6) is 0.372. The standard InChI is InChI=1S/C21H34N2O5S/c1-17(2)18-5-7-21(8-6-18)29(25,26)23-11-9-22(10-12-23)14-19(24)15-27-16-20-4-3-13-28-20/h5-8,17,19-20,24H,3-4,9-16H2,1-2H3/t19-,20+/m0/s1. The molecule has 2 fully saturated rings. The van der Waals surface area contributed by atoms with Gasteiger partial charge in [-0.05, 0) is 36.5 Å². The summed E-state index contributed by atoms with van der Waals surface area (Å²) >= 11 is 0. The van der Waals surface area contributed by atoms with Crippen LogP contribution in [-0.4, -0.2) is 87.5 Å². The van der Waals surface area contributed by atoms with Crippen LogP contribution in [0, 0.1) is 0 Å². The second-order valence-electron chi connectivity index (χ2n) is 8.25. The van der Waals surface area contributed by atoms with Crippen molar-refractivity contribution in [1.82, 2.24) is 9.21 Å². The van der Waals surface area contributed by atoms with Gasteiger partial charge in [-0.2, -0.15) is 4.31 Å². The van der Waals surface area contributed by atoms with Gasteiger partial charge in [0.25, 0.3) is 0 Å². The number of hydrogen-bond donors (Lipinski definition) is 1. The van der Waals surface area contributed by atoms with E-state index in [1.165, 1.54) is 4.31 Å². The van der Waals surface area contributed by atoms with Gasteiger partial charge in [-0.15, -0.1) is 0 Å². The van der Waals surface area contributed by atoms with Crippen molar-refractivity contribution < 1.29 is 23.0 Å². The highest BCUT2D eigenvalue weighted by Crippen LogP contribution is 2.21. The Morgan fingerprint density at radius 1 is 1.17 bits per heavy atom. The number of benzene rings is 1. The molecule has 0 bridgehead atoms. The van der Waals surface area contributed by atoms with Crippen molar-refractivity contribution in [3.8, 4) is 0 Å². The predicted octanol–water partition coefficient (Wildman–Crippen LogP) is 1.67. The van der Waals surface area contributed by atoms with Gasteiger partial charge in [0.15, 0.2) is 0 Å².